The number of nitrogens with one attached hydrogen (secondary N) is 1. The van der Waals surface area contributed by atoms with Crippen molar-refractivity contribution in [3.05, 3.63) is 35.4 Å². The normalized spacial score (nSPS) is 13.8. The molecule has 0 unspecified atom stereocenters. The molecule has 5 heteroatoms. The molecule has 5 nitrogen and oxygen atoms in total. The van der Waals surface area contributed by atoms with Gasteiger partial charge in [-0.1, -0.05) is 12.1 Å². The number of hydrogen-bond donors (Lipinski definition) is 2. The first kappa shape index (κ1) is 16.5. The van der Waals surface area contributed by atoms with Crippen LogP contribution in [0.15, 0.2) is 24.3 Å². The van der Waals surface area contributed by atoms with Gasteiger partial charge in [0.15, 0.2) is 0 Å². The minimum absolute atomic E-state index is 0.0181. The molecule has 1 aromatic carbocycles. The summed E-state index contributed by atoms with van der Waals surface area (Å²) in [7, 11) is 0. The maximum absolute atomic E-state index is 11.7. The van der Waals surface area contributed by atoms with Crippen LogP contribution in [0.4, 0.5) is 0 Å². The van der Waals surface area contributed by atoms with Crippen LogP contribution in [0.25, 0.3) is 0 Å². The van der Waals surface area contributed by atoms with Crippen LogP contribution >= 0.6 is 0 Å². The molecule has 1 aliphatic rings. The average Bonchev–Trinajstić information content (AvgIpc) is 3.33. The maximum atomic E-state index is 11.7. The number of rotatable bonds is 10. The van der Waals surface area contributed by atoms with Gasteiger partial charge in [-0.2, -0.15) is 0 Å². The third-order valence-corrected chi connectivity index (χ3v) is 3.68. The van der Waals surface area contributed by atoms with Crippen LogP contribution < -0.4 is 5.32 Å². The number of aromatic carboxylic acids is 1. The highest BCUT2D eigenvalue weighted by molar-refractivity contribution is 5.87. The molecular formula is C17H23NO4. The van der Waals surface area contributed by atoms with Crippen LogP contribution in [0.5, 0.6) is 0 Å². The Bertz CT molecular complexity index is 494. The minimum atomic E-state index is -0.937. The molecule has 0 saturated heterocycles. The van der Waals surface area contributed by atoms with Gasteiger partial charge in [-0.05, 0) is 49.3 Å². The topological polar surface area (TPSA) is 75.6 Å². The van der Waals surface area contributed by atoms with Gasteiger partial charge in [-0.25, -0.2) is 4.79 Å². The zero-order chi connectivity index (χ0) is 15.8. The molecule has 0 bridgehead atoms. The fraction of sp³-hybridized carbons (Fsp3) is 0.529. The lowest BCUT2D eigenvalue weighted by Crippen LogP contribution is -2.25. The van der Waals surface area contributed by atoms with E-state index in [1.165, 1.54) is 12.8 Å². The Kier molecular flexibility index (Phi) is 6.40. The summed E-state index contributed by atoms with van der Waals surface area (Å²) in [4.78, 5) is 22.4. The molecule has 120 valence electrons. The summed E-state index contributed by atoms with van der Waals surface area (Å²) in [6.45, 7) is 2.20. The second kappa shape index (κ2) is 8.54. The van der Waals surface area contributed by atoms with Crippen molar-refractivity contribution in [3.8, 4) is 0 Å². The summed E-state index contributed by atoms with van der Waals surface area (Å²) >= 11 is 0. The molecule has 0 aliphatic heterocycles. The van der Waals surface area contributed by atoms with Crippen LogP contribution in [0.3, 0.4) is 0 Å². The van der Waals surface area contributed by atoms with Gasteiger partial charge in [0.05, 0.1) is 5.56 Å². The maximum Gasteiger partial charge on any atom is 0.335 e. The standard InChI is InChI=1S/C17H23NO4/c19-16(18-10-1-11-22-12-14-2-3-14)9-6-13-4-7-15(8-5-13)17(20)21/h4-5,7-8,14H,1-3,6,9-12H2,(H,18,19)(H,20,21). The second-order valence-corrected chi connectivity index (χ2v) is 5.72. The summed E-state index contributed by atoms with van der Waals surface area (Å²) < 4.78 is 5.50. The SMILES string of the molecule is O=C(CCc1ccc(C(=O)O)cc1)NCCCOCC1CC1. The number of carboxylic acid groups (broad SMARTS) is 1. The fourth-order valence-electron chi connectivity index (χ4n) is 2.10. The van der Waals surface area contributed by atoms with E-state index in [-0.39, 0.29) is 11.5 Å². The third-order valence-electron chi connectivity index (χ3n) is 3.68. The lowest BCUT2D eigenvalue weighted by molar-refractivity contribution is -0.121. The molecule has 1 aliphatic carbocycles. The van der Waals surface area contributed by atoms with Gasteiger partial charge in [0.25, 0.3) is 0 Å². The number of hydrogen-bond acceptors (Lipinski definition) is 3. The van der Waals surface area contributed by atoms with Gasteiger partial charge in [-0.15, -0.1) is 0 Å². The van der Waals surface area contributed by atoms with Crippen LogP contribution in [0.2, 0.25) is 0 Å². The minimum Gasteiger partial charge on any atom is -0.478 e. The van der Waals surface area contributed by atoms with Crippen molar-refractivity contribution in [2.24, 2.45) is 5.92 Å². The highest BCUT2D eigenvalue weighted by Gasteiger charge is 2.20. The molecule has 2 rings (SSSR count). The van der Waals surface area contributed by atoms with Gasteiger partial charge in [0.1, 0.15) is 0 Å². The molecule has 1 amide bonds. The van der Waals surface area contributed by atoms with Crippen LogP contribution in [-0.4, -0.2) is 36.7 Å². The average molecular weight is 305 g/mol. The summed E-state index contributed by atoms with van der Waals surface area (Å²) in [5.74, 6) is -0.139. The van der Waals surface area contributed by atoms with E-state index in [2.05, 4.69) is 5.32 Å². The predicted octanol–water partition coefficient (Wildman–Crippen LogP) is 2.25. The van der Waals surface area contributed by atoms with Gasteiger partial charge >= 0.3 is 5.97 Å². The Labute approximate surface area is 130 Å². The van der Waals surface area contributed by atoms with Crippen molar-refractivity contribution in [2.45, 2.75) is 32.1 Å². The zero-order valence-corrected chi connectivity index (χ0v) is 12.7. The molecule has 2 N–H and O–H groups in total. The van der Waals surface area contributed by atoms with Crippen molar-refractivity contribution < 1.29 is 19.4 Å². The molecule has 0 aromatic heterocycles. The largest absolute Gasteiger partial charge is 0.478 e. The van der Waals surface area contributed by atoms with E-state index in [0.29, 0.717) is 26.0 Å². The van der Waals surface area contributed by atoms with Crippen molar-refractivity contribution in [3.63, 3.8) is 0 Å². The van der Waals surface area contributed by atoms with Crippen molar-refractivity contribution in [1.29, 1.82) is 0 Å². The third kappa shape index (κ3) is 6.26. The van der Waals surface area contributed by atoms with E-state index in [1.54, 1.807) is 24.3 Å². The Morgan fingerprint density at radius 3 is 2.59 bits per heavy atom. The molecule has 1 aromatic rings. The predicted molar refractivity (Wildman–Crippen MR) is 82.9 cm³/mol. The highest BCUT2D eigenvalue weighted by atomic mass is 16.5. The monoisotopic (exact) mass is 305 g/mol. The smallest absolute Gasteiger partial charge is 0.335 e. The number of carbonyl (C=O) groups excluding carboxylic acids is 1. The Morgan fingerprint density at radius 2 is 1.95 bits per heavy atom. The molecule has 1 fully saturated rings. The molecule has 0 spiro atoms. The van der Waals surface area contributed by atoms with Crippen LogP contribution in [0.1, 0.15) is 41.6 Å². The van der Waals surface area contributed by atoms with E-state index >= 15 is 0 Å². The number of amides is 1. The van der Waals surface area contributed by atoms with E-state index < -0.39 is 5.97 Å². The van der Waals surface area contributed by atoms with Gasteiger partial charge < -0.3 is 15.2 Å². The molecule has 0 heterocycles. The molecule has 1 saturated carbocycles. The summed E-state index contributed by atoms with van der Waals surface area (Å²) in [6, 6.07) is 6.63. The Morgan fingerprint density at radius 1 is 1.23 bits per heavy atom. The molecular weight excluding hydrogens is 282 g/mol. The number of ether oxygens (including phenoxy) is 1. The number of aryl methyl sites for hydroxylation is 1. The summed E-state index contributed by atoms with van der Waals surface area (Å²) in [5.41, 5.74) is 1.23. The first-order chi connectivity index (χ1) is 10.6. The molecule has 0 radical (unpaired) electrons. The van der Waals surface area contributed by atoms with Gasteiger partial charge in [-0.3, -0.25) is 4.79 Å². The number of carboxylic acids is 1. The number of carbonyl (C=O) groups is 2. The quantitative estimate of drug-likeness (QED) is 0.650. The van der Waals surface area contributed by atoms with E-state index in [1.807, 2.05) is 0 Å². The first-order valence-electron chi connectivity index (χ1n) is 7.82. The lowest BCUT2D eigenvalue weighted by atomic mass is 10.1. The molecule has 0 atom stereocenters. The van der Waals surface area contributed by atoms with E-state index in [4.69, 9.17) is 9.84 Å². The van der Waals surface area contributed by atoms with Gasteiger partial charge in [0, 0.05) is 26.2 Å². The Hall–Kier alpha value is -1.88. The summed E-state index contributed by atoms with van der Waals surface area (Å²) in [6.07, 6.45) is 4.46. The van der Waals surface area contributed by atoms with Gasteiger partial charge in [0.2, 0.25) is 5.91 Å². The van der Waals surface area contributed by atoms with Crippen LogP contribution in [0, 0.1) is 5.92 Å². The summed E-state index contributed by atoms with van der Waals surface area (Å²) in [5, 5.41) is 11.7. The molecule has 22 heavy (non-hydrogen) atoms. The Balaban J connectivity index is 1.53. The van der Waals surface area contributed by atoms with E-state index in [9.17, 15) is 9.59 Å². The zero-order valence-electron chi connectivity index (χ0n) is 12.7. The van der Waals surface area contributed by atoms with Crippen LogP contribution in [-0.2, 0) is 16.0 Å². The first-order valence-corrected chi connectivity index (χ1v) is 7.82. The van der Waals surface area contributed by atoms with Crippen molar-refractivity contribution in [1.82, 2.24) is 5.32 Å². The van der Waals surface area contributed by atoms with Crippen molar-refractivity contribution in [2.75, 3.05) is 19.8 Å². The highest BCUT2D eigenvalue weighted by Crippen LogP contribution is 2.28. The number of benzene rings is 1. The lowest BCUT2D eigenvalue weighted by Gasteiger charge is -2.06. The second-order valence-electron chi connectivity index (χ2n) is 5.72. The van der Waals surface area contributed by atoms with Crippen molar-refractivity contribution >= 4 is 11.9 Å². The fourth-order valence-corrected chi connectivity index (χ4v) is 2.10. The van der Waals surface area contributed by atoms with E-state index in [0.717, 1.165) is 24.5 Å².